The van der Waals surface area contributed by atoms with Crippen molar-refractivity contribution in [3.05, 3.63) is 59.3 Å². The minimum absolute atomic E-state index is 0.368. The fraction of sp³-hybridized carbons (Fsp3) is 0.154. The molecule has 0 heterocycles. The predicted molar refractivity (Wildman–Crippen MR) is 68.6 cm³/mol. The zero-order valence-corrected chi connectivity index (χ0v) is 10.3. The van der Waals surface area contributed by atoms with E-state index in [9.17, 15) is 4.79 Å². The first-order valence-corrected chi connectivity index (χ1v) is 5.49. The van der Waals surface area contributed by atoms with Crippen molar-refractivity contribution < 1.29 is 9.53 Å². The summed E-state index contributed by atoms with van der Waals surface area (Å²) in [6, 6.07) is 7.60. The molecule has 3 nitrogen and oxygen atoms in total. The van der Waals surface area contributed by atoms with Crippen LogP contribution in [0.15, 0.2) is 48.7 Å². The second-order valence-corrected chi connectivity index (χ2v) is 3.69. The Balaban J connectivity index is 2.28. The Kier molecular flexibility index (Phi) is 5.89. The summed E-state index contributed by atoms with van der Waals surface area (Å²) in [5.41, 5.74) is 1.14. The number of allylic oxidation sites excluding steroid dienone is 2. The third-order valence-electron chi connectivity index (χ3n) is 1.98. The van der Waals surface area contributed by atoms with Crippen LogP contribution < -0.4 is 5.32 Å². The topological polar surface area (TPSA) is 38.3 Å². The smallest absolute Gasteiger partial charge is 0.330 e. The van der Waals surface area contributed by atoms with Crippen molar-refractivity contribution in [1.82, 2.24) is 5.32 Å². The summed E-state index contributed by atoms with van der Waals surface area (Å²) in [6.45, 7) is 0.708. The number of benzene rings is 1. The highest BCUT2D eigenvalue weighted by atomic mass is 35.5. The number of rotatable bonds is 5. The molecule has 0 unspecified atom stereocenters. The van der Waals surface area contributed by atoms with Crippen molar-refractivity contribution in [2.24, 2.45) is 0 Å². The zero-order chi connectivity index (χ0) is 12.5. The molecule has 0 bridgehead atoms. The van der Waals surface area contributed by atoms with Crippen LogP contribution in [0.1, 0.15) is 5.56 Å². The van der Waals surface area contributed by atoms with Crippen LogP contribution in [0.3, 0.4) is 0 Å². The van der Waals surface area contributed by atoms with Crippen molar-refractivity contribution in [3.63, 3.8) is 0 Å². The number of halogens is 1. The van der Waals surface area contributed by atoms with E-state index in [4.69, 9.17) is 11.6 Å². The van der Waals surface area contributed by atoms with Gasteiger partial charge in [-0.15, -0.1) is 0 Å². The van der Waals surface area contributed by atoms with Gasteiger partial charge in [0, 0.05) is 17.6 Å². The van der Waals surface area contributed by atoms with Crippen LogP contribution in [0.2, 0.25) is 5.02 Å². The van der Waals surface area contributed by atoms with E-state index in [0.29, 0.717) is 6.54 Å². The van der Waals surface area contributed by atoms with E-state index >= 15 is 0 Å². The molecule has 4 heteroatoms. The summed E-state index contributed by atoms with van der Waals surface area (Å²) in [7, 11) is 1.34. The fourth-order valence-corrected chi connectivity index (χ4v) is 1.23. The second-order valence-electron chi connectivity index (χ2n) is 3.25. The molecule has 0 atom stereocenters. The molecule has 0 radical (unpaired) electrons. The first-order chi connectivity index (χ1) is 8.22. The van der Waals surface area contributed by atoms with E-state index in [-0.39, 0.29) is 5.97 Å². The standard InChI is InChI=1S/C13H14ClNO2/c1-17-13(16)4-2-3-9-15-10-11-5-7-12(14)8-6-11/h2-9,15H,10H2,1H3/b4-2+,9-3+. The maximum Gasteiger partial charge on any atom is 0.330 e. The molecule has 1 aromatic rings. The van der Waals surface area contributed by atoms with Gasteiger partial charge in [0.1, 0.15) is 0 Å². The SMILES string of the molecule is COC(=O)/C=C/C=C/NCc1ccc(Cl)cc1. The Labute approximate surface area is 106 Å². The van der Waals surface area contributed by atoms with Gasteiger partial charge >= 0.3 is 5.97 Å². The molecule has 90 valence electrons. The largest absolute Gasteiger partial charge is 0.466 e. The quantitative estimate of drug-likeness (QED) is 0.497. The number of carbonyl (C=O) groups excluding carboxylic acids is 1. The minimum Gasteiger partial charge on any atom is -0.466 e. The number of hydrogen-bond donors (Lipinski definition) is 1. The molecule has 0 aliphatic rings. The van der Waals surface area contributed by atoms with Gasteiger partial charge in [-0.2, -0.15) is 0 Å². The number of carbonyl (C=O) groups is 1. The second kappa shape index (κ2) is 7.52. The lowest BCUT2D eigenvalue weighted by molar-refractivity contribution is -0.134. The Morgan fingerprint density at radius 3 is 2.71 bits per heavy atom. The van der Waals surface area contributed by atoms with E-state index in [1.165, 1.54) is 13.2 Å². The lowest BCUT2D eigenvalue weighted by Gasteiger charge is -2.00. The number of hydrogen-bond acceptors (Lipinski definition) is 3. The van der Waals surface area contributed by atoms with Crippen molar-refractivity contribution >= 4 is 17.6 Å². The van der Waals surface area contributed by atoms with Crippen molar-refractivity contribution in [2.75, 3.05) is 7.11 Å². The van der Waals surface area contributed by atoms with Crippen LogP contribution in [-0.4, -0.2) is 13.1 Å². The highest BCUT2D eigenvalue weighted by molar-refractivity contribution is 6.30. The third kappa shape index (κ3) is 5.78. The minimum atomic E-state index is -0.368. The molecule has 0 spiro atoms. The Hall–Kier alpha value is -1.74. The molecule has 1 rings (SSSR count). The fourth-order valence-electron chi connectivity index (χ4n) is 1.10. The molecule has 0 saturated carbocycles. The summed E-state index contributed by atoms with van der Waals surface area (Å²) in [4.78, 5) is 10.7. The van der Waals surface area contributed by atoms with Crippen molar-refractivity contribution in [1.29, 1.82) is 0 Å². The van der Waals surface area contributed by atoms with Gasteiger partial charge in [0.25, 0.3) is 0 Å². The molecule has 0 amide bonds. The molecular weight excluding hydrogens is 238 g/mol. The number of esters is 1. The maximum absolute atomic E-state index is 10.7. The lowest BCUT2D eigenvalue weighted by atomic mass is 10.2. The van der Waals surface area contributed by atoms with Gasteiger partial charge in [-0.25, -0.2) is 4.79 Å². The van der Waals surface area contributed by atoms with Gasteiger partial charge in [-0.1, -0.05) is 29.8 Å². The van der Waals surface area contributed by atoms with E-state index in [2.05, 4.69) is 10.1 Å². The van der Waals surface area contributed by atoms with E-state index in [1.807, 2.05) is 24.3 Å². The first-order valence-electron chi connectivity index (χ1n) is 5.11. The molecule has 0 aliphatic carbocycles. The summed E-state index contributed by atoms with van der Waals surface area (Å²) in [5, 5.41) is 3.81. The van der Waals surface area contributed by atoms with Crippen LogP contribution in [0.5, 0.6) is 0 Å². The van der Waals surface area contributed by atoms with Crippen LogP contribution >= 0.6 is 11.6 Å². The average Bonchev–Trinajstić information content (AvgIpc) is 2.35. The molecule has 0 saturated heterocycles. The van der Waals surface area contributed by atoms with Gasteiger partial charge in [-0.3, -0.25) is 0 Å². The average molecular weight is 252 g/mol. The van der Waals surface area contributed by atoms with Gasteiger partial charge in [-0.05, 0) is 30.0 Å². The van der Waals surface area contributed by atoms with Crippen LogP contribution in [0.25, 0.3) is 0 Å². The molecule has 0 fully saturated rings. The van der Waals surface area contributed by atoms with Gasteiger partial charge in [0.15, 0.2) is 0 Å². The predicted octanol–water partition coefficient (Wildman–Crippen LogP) is 2.67. The first kappa shape index (κ1) is 13.3. The molecule has 17 heavy (non-hydrogen) atoms. The number of methoxy groups -OCH3 is 1. The normalized spacial score (nSPS) is 10.9. The Bertz CT molecular complexity index is 410. The van der Waals surface area contributed by atoms with Crippen LogP contribution in [0, 0.1) is 0 Å². The Morgan fingerprint density at radius 1 is 1.35 bits per heavy atom. The molecule has 0 aliphatic heterocycles. The number of nitrogens with one attached hydrogen (secondary N) is 1. The third-order valence-corrected chi connectivity index (χ3v) is 2.23. The maximum atomic E-state index is 10.7. The van der Waals surface area contributed by atoms with E-state index in [1.54, 1.807) is 18.4 Å². The zero-order valence-electron chi connectivity index (χ0n) is 9.52. The van der Waals surface area contributed by atoms with Gasteiger partial charge in [0.05, 0.1) is 7.11 Å². The van der Waals surface area contributed by atoms with Crippen LogP contribution in [-0.2, 0) is 16.1 Å². The lowest BCUT2D eigenvalue weighted by Crippen LogP contribution is -2.03. The van der Waals surface area contributed by atoms with Crippen molar-refractivity contribution in [3.8, 4) is 0 Å². The molecule has 1 N–H and O–H groups in total. The van der Waals surface area contributed by atoms with Gasteiger partial charge < -0.3 is 10.1 Å². The van der Waals surface area contributed by atoms with E-state index in [0.717, 1.165) is 10.6 Å². The summed E-state index contributed by atoms with van der Waals surface area (Å²) >= 11 is 5.77. The van der Waals surface area contributed by atoms with Crippen LogP contribution in [0.4, 0.5) is 0 Å². The van der Waals surface area contributed by atoms with Gasteiger partial charge in [0.2, 0.25) is 0 Å². The summed E-state index contributed by atoms with van der Waals surface area (Å²) in [5.74, 6) is -0.368. The highest BCUT2D eigenvalue weighted by Crippen LogP contribution is 2.08. The molecular formula is C13H14ClNO2. The Morgan fingerprint density at radius 2 is 2.06 bits per heavy atom. The number of ether oxygens (including phenoxy) is 1. The summed E-state index contributed by atoms with van der Waals surface area (Å²) < 4.78 is 4.44. The van der Waals surface area contributed by atoms with Crippen molar-refractivity contribution in [2.45, 2.75) is 6.54 Å². The van der Waals surface area contributed by atoms with E-state index < -0.39 is 0 Å². The monoisotopic (exact) mass is 251 g/mol. The highest BCUT2D eigenvalue weighted by Gasteiger charge is 1.90. The molecule has 0 aromatic heterocycles. The molecule has 1 aromatic carbocycles. The summed E-state index contributed by atoms with van der Waals surface area (Å²) in [6.07, 6.45) is 6.45.